The van der Waals surface area contributed by atoms with Gasteiger partial charge >= 0.3 is 12.1 Å². The zero-order valence-electron chi connectivity index (χ0n) is 32.1. The predicted octanol–water partition coefficient (Wildman–Crippen LogP) is 5.11. The highest BCUT2D eigenvalue weighted by molar-refractivity contribution is 9.10. The van der Waals surface area contributed by atoms with E-state index in [0.717, 1.165) is 71.3 Å². The number of fused-ring (bicyclic) bond motifs is 3. The van der Waals surface area contributed by atoms with E-state index in [9.17, 15) is 24.2 Å². The van der Waals surface area contributed by atoms with E-state index in [0.29, 0.717) is 24.8 Å². The maximum Gasteiger partial charge on any atom is 0.315 e. The average Bonchev–Trinajstić information content (AvgIpc) is 3.66. The Morgan fingerprint density at radius 3 is 2.50 bits per heavy atom. The Bertz CT molecular complexity index is 2160. The number of anilines is 1. The molecule has 0 spiro atoms. The third-order valence-electron chi connectivity index (χ3n) is 11.9. The number of pyridine rings is 1. The van der Waals surface area contributed by atoms with Gasteiger partial charge in [-0.3, -0.25) is 14.3 Å². The first kappa shape index (κ1) is 42.6. The van der Waals surface area contributed by atoms with Crippen LogP contribution in [0.3, 0.4) is 0 Å². The lowest BCUT2D eigenvalue weighted by molar-refractivity contribution is -0.134. The molecule has 4 aromatic rings. The fourth-order valence-corrected chi connectivity index (χ4v) is 10.5. The topological polar surface area (TPSA) is 208 Å². The number of aryl methyl sites for hydroxylation is 2. The van der Waals surface area contributed by atoms with E-state index in [2.05, 4.69) is 58.9 Å². The minimum absolute atomic E-state index is 0.0781. The minimum Gasteiger partial charge on any atom is -0.387 e. The molecule has 0 radical (unpaired) electrons. The monoisotopic (exact) mass is 949 g/mol. The molecule has 312 valence electrons. The van der Waals surface area contributed by atoms with Crippen LogP contribution < -0.4 is 11.5 Å². The number of imidazole rings is 1. The molecule has 15 nitrogen and oxygen atoms in total. The molecule has 19 heteroatoms. The predicted molar refractivity (Wildman–Crippen MR) is 220 cm³/mol. The van der Waals surface area contributed by atoms with Crippen LogP contribution in [0.2, 0.25) is 5.02 Å². The molecule has 3 fully saturated rings. The van der Waals surface area contributed by atoms with Crippen LogP contribution in [-0.2, 0) is 27.1 Å². The summed E-state index contributed by atoms with van der Waals surface area (Å²) in [5, 5.41) is 20.7. The average molecular weight is 952 g/mol. The number of benzene rings is 1. The second kappa shape index (κ2) is 18.0. The van der Waals surface area contributed by atoms with E-state index >= 15 is 0 Å². The Balaban J connectivity index is 0.000000206. The fourth-order valence-electron chi connectivity index (χ4n) is 9.03. The van der Waals surface area contributed by atoms with Crippen LogP contribution in [0.1, 0.15) is 73.6 Å². The molecule has 3 aliphatic heterocycles. The van der Waals surface area contributed by atoms with E-state index < -0.39 is 30.6 Å². The lowest BCUT2D eigenvalue weighted by Gasteiger charge is -2.39. The van der Waals surface area contributed by atoms with Crippen LogP contribution in [0, 0.1) is 17.9 Å². The van der Waals surface area contributed by atoms with Crippen molar-refractivity contribution in [2.45, 2.75) is 88.4 Å². The van der Waals surface area contributed by atoms with E-state index in [1.807, 2.05) is 24.1 Å². The van der Waals surface area contributed by atoms with Crippen molar-refractivity contribution >= 4 is 72.4 Å². The van der Waals surface area contributed by atoms with E-state index in [4.69, 9.17) is 37.5 Å². The summed E-state index contributed by atoms with van der Waals surface area (Å²) in [5.74, 6) is 0.991. The summed E-state index contributed by atoms with van der Waals surface area (Å²) in [7, 11) is 1.45. The van der Waals surface area contributed by atoms with Crippen LogP contribution >= 0.6 is 43.5 Å². The standard InChI is InChI=1S/C28H33Br2ClN4O2.C11H14FN5O4/c1-16-10-17(4-9-35(16)28(32)37)11-24(36)34-7-5-18(6-8-34)26-25-19(13-22(31)14-23(25)30)2-3-20-12-21(29)15-33-27(20)26;1-20-2-4-6(18)7(19)10(21-4)17-3-14-5-8(13)15-11(12)16-9(5)17/h12-18,26H,2-11H2,1H3,(H2,32,37);3-4,6-7,10,18-19H,2H2,1H3,(H2,13,15,16)/t16-,17?,26+;4-,6-,7+,10-/m01/s1. The van der Waals surface area contributed by atoms with Crippen molar-refractivity contribution in [2.24, 2.45) is 17.6 Å². The van der Waals surface area contributed by atoms with E-state index in [1.165, 1.54) is 34.7 Å². The third kappa shape index (κ3) is 8.83. The second-order valence-corrected chi connectivity index (χ2v) is 17.7. The Morgan fingerprint density at radius 2 is 1.79 bits per heavy atom. The van der Waals surface area contributed by atoms with E-state index in [1.54, 1.807) is 4.90 Å². The molecule has 1 unspecified atom stereocenters. The van der Waals surface area contributed by atoms with Crippen molar-refractivity contribution in [2.75, 3.05) is 39.1 Å². The lowest BCUT2D eigenvalue weighted by Crippen LogP contribution is -2.48. The second-order valence-electron chi connectivity index (χ2n) is 15.5. The molecule has 58 heavy (non-hydrogen) atoms. The highest BCUT2D eigenvalue weighted by Gasteiger charge is 2.44. The molecule has 0 bridgehead atoms. The SMILES string of the molecule is COC[C@H]1O[C@@H](n2cnc3c(N)nc(F)nc32)[C@@H](O)[C@@H]1O.C[C@H]1CC(CC(=O)N2CCC([C@H]3c4ncc(Br)cc4CCc4cc(Cl)cc(Br)c43)CC2)CCN1C(N)=O. The molecule has 3 saturated heterocycles. The number of primary amides is 1. The molecule has 3 aromatic heterocycles. The third-order valence-corrected chi connectivity index (χ3v) is 13.2. The van der Waals surface area contributed by atoms with E-state index in [-0.39, 0.29) is 47.5 Å². The van der Waals surface area contributed by atoms with Gasteiger partial charge < -0.3 is 41.0 Å². The fraction of sp³-hybridized carbons (Fsp3) is 0.538. The highest BCUT2D eigenvalue weighted by atomic mass is 79.9. The number of aliphatic hydroxyl groups is 2. The molecule has 4 aliphatic rings. The molecule has 1 aromatic carbocycles. The largest absolute Gasteiger partial charge is 0.387 e. The number of nitrogens with zero attached hydrogens (tertiary/aromatic N) is 7. The normalized spacial score (nSPS) is 26.1. The van der Waals surface area contributed by atoms with Crippen molar-refractivity contribution in [3.63, 3.8) is 0 Å². The van der Waals surface area contributed by atoms with Gasteiger partial charge in [0.25, 0.3) is 0 Å². The summed E-state index contributed by atoms with van der Waals surface area (Å²) >= 11 is 13.9. The smallest absolute Gasteiger partial charge is 0.315 e. The Hall–Kier alpha value is -3.52. The van der Waals surface area contributed by atoms with Crippen molar-refractivity contribution < 1.29 is 33.7 Å². The number of halogens is 4. The van der Waals surface area contributed by atoms with Crippen LogP contribution in [0.5, 0.6) is 0 Å². The number of hydrogen-bond donors (Lipinski definition) is 4. The number of carbonyl (C=O) groups is 2. The number of methoxy groups -OCH3 is 1. The first-order chi connectivity index (χ1) is 27.7. The Kier molecular flexibility index (Phi) is 13.2. The number of nitrogens with two attached hydrogens (primary N) is 2. The van der Waals surface area contributed by atoms with Crippen molar-refractivity contribution in [3.05, 3.63) is 73.2 Å². The maximum absolute atomic E-state index is 13.3. The van der Waals surface area contributed by atoms with Crippen molar-refractivity contribution in [1.29, 1.82) is 0 Å². The van der Waals surface area contributed by atoms with Crippen LogP contribution in [0.4, 0.5) is 15.0 Å². The molecule has 1 aliphatic carbocycles. The summed E-state index contributed by atoms with van der Waals surface area (Å²) in [4.78, 5) is 44.5. The van der Waals surface area contributed by atoms with Gasteiger partial charge in [-0.2, -0.15) is 14.4 Å². The Morgan fingerprint density at radius 1 is 1.05 bits per heavy atom. The number of rotatable bonds is 6. The number of aromatic nitrogens is 5. The van der Waals surface area contributed by atoms with Gasteiger partial charge in [-0.25, -0.2) is 9.78 Å². The number of aliphatic hydroxyl groups excluding tert-OH is 2. The maximum atomic E-state index is 13.3. The minimum atomic E-state index is -1.23. The molecule has 3 amide bonds. The zero-order chi connectivity index (χ0) is 41.4. The number of piperidine rings is 2. The lowest BCUT2D eigenvalue weighted by atomic mass is 9.76. The van der Waals surface area contributed by atoms with Gasteiger partial charge in [0, 0.05) is 65.3 Å². The first-order valence-corrected chi connectivity index (χ1v) is 21.3. The Labute approximate surface area is 356 Å². The van der Waals surface area contributed by atoms with Gasteiger partial charge in [-0.1, -0.05) is 27.5 Å². The highest BCUT2D eigenvalue weighted by Crippen LogP contribution is 2.46. The van der Waals surface area contributed by atoms with Crippen molar-refractivity contribution in [3.8, 4) is 0 Å². The molecule has 6 heterocycles. The van der Waals surface area contributed by atoms with Gasteiger partial charge in [0.1, 0.15) is 18.3 Å². The first-order valence-electron chi connectivity index (χ1n) is 19.4. The summed E-state index contributed by atoms with van der Waals surface area (Å²) in [6, 6.07) is 6.04. The van der Waals surface area contributed by atoms with Gasteiger partial charge in [-0.05, 0) is 108 Å². The molecular formula is C39H47Br2ClFN9O6. The molecule has 0 saturated carbocycles. The van der Waals surface area contributed by atoms with Crippen LogP contribution in [-0.4, -0.2) is 114 Å². The summed E-state index contributed by atoms with van der Waals surface area (Å²) in [5.41, 5.74) is 16.4. The number of likely N-dealkylation sites (tertiary alicyclic amines) is 2. The van der Waals surface area contributed by atoms with Gasteiger partial charge in [0.2, 0.25) is 5.91 Å². The molecule has 7 atom stereocenters. The molecular weight excluding hydrogens is 905 g/mol. The van der Waals surface area contributed by atoms with Gasteiger partial charge in [0.15, 0.2) is 23.2 Å². The van der Waals surface area contributed by atoms with Crippen molar-refractivity contribution in [1.82, 2.24) is 34.3 Å². The summed E-state index contributed by atoms with van der Waals surface area (Å²) in [6.45, 7) is 4.29. The molecule has 6 N–H and O–H groups in total. The van der Waals surface area contributed by atoms with Crippen LogP contribution in [0.25, 0.3) is 11.2 Å². The number of urea groups is 1. The quantitative estimate of drug-likeness (QED) is 0.187. The number of amides is 3. The van der Waals surface area contributed by atoms with Gasteiger partial charge in [0.05, 0.1) is 18.6 Å². The number of nitrogen functional groups attached to an aromatic ring is 1. The number of carbonyl (C=O) groups excluding carboxylic acids is 2. The van der Waals surface area contributed by atoms with Crippen LogP contribution in [0.15, 0.2) is 39.7 Å². The molecule has 8 rings (SSSR count). The zero-order valence-corrected chi connectivity index (χ0v) is 36.0. The van der Waals surface area contributed by atoms with Gasteiger partial charge in [-0.15, -0.1) is 0 Å². The number of ether oxygens (including phenoxy) is 2. The number of hydrogen-bond acceptors (Lipinski definition) is 11. The summed E-state index contributed by atoms with van der Waals surface area (Å²) in [6.07, 6.45) is 4.10. The summed E-state index contributed by atoms with van der Waals surface area (Å²) < 4.78 is 27.1.